The van der Waals surface area contributed by atoms with Crippen LogP contribution in [0.5, 0.6) is 5.75 Å². The second-order valence-electron chi connectivity index (χ2n) is 3.77. The van der Waals surface area contributed by atoms with Crippen molar-refractivity contribution in [3.63, 3.8) is 0 Å². The summed E-state index contributed by atoms with van der Waals surface area (Å²) in [6.45, 7) is 3.64. The maximum Gasteiger partial charge on any atom is 0.311 e. The van der Waals surface area contributed by atoms with Gasteiger partial charge in [-0.15, -0.1) is 0 Å². The smallest absolute Gasteiger partial charge is 0.311 e. The van der Waals surface area contributed by atoms with Gasteiger partial charge in [0.25, 0.3) is 0 Å². The molecule has 0 heterocycles. The van der Waals surface area contributed by atoms with Crippen LogP contribution in [0, 0.1) is 5.92 Å². The zero-order valence-corrected chi connectivity index (χ0v) is 9.32. The fourth-order valence-electron chi connectivity index (χ4n) is 1.55. The first-order valence-corrected chi connectivity index (χ1v) is 5.02. The summed E-state index contributed by atoms with van der Waals surface area (Å²) in [5, 5.41) is 18.5. The molecule has 82 valence electrons. The van der Waals surface area contributed by atoms with Gasteiger partial charge in [-0.3, -0.25) is 4.79 Å². The molecule has 0 saturated carbocycles. The van der Waals surface area contributed by atoms with Gasteiger partial charge in [0.2, 0.25) is 0 Å². The summed E-state index contributed by atoms with van der Waals surface area (Å²) in [5.74, 6) is -1.56. The minimum Gasteiger partial charge on any atom is -0.508 e. The van der Waals surface area contributed by atoms with Crippen LogP contribution in [0.1, 0.15) is 25.3 Å². The van der Waals surface area contributed by atoms with Crippen LogP contribution < -0.4 is 0 Å². The minimum absolute atomic E-state index is 0.0386. The molecule has 1 atom stereocenters. The lowest BCUT2D eigenvalue weighted by Crippen LogP contribution is -2.17. The van der Waals surface area contributed by atoms with E-state index in [9.17, 15) is 4.79 Å². The predicted molar refractivity (Wildman–Crippen MR) is 58.3 cm³/mol. The maximum atomic E-state index is 11.1. The van der Waals surface area contributed by atoms with E-state index in [-0.39, 0.29) is 16.7 Å². The number of phenols is 1. The number of aliphatic carboxylic acids is 1. The highest BCUT2D eigenvalue weighted by Gasteiger charge is 2.25. The molecule has 3 nitrogen and oxygen atoms in total. The summed E-state index contributed by atoms with van der Waals surface area (Å²) in [6.07, 6.45) is 0. The Hall–Kier alpha value is -1.22. The molecule has 0 spiro atoms. The second kappa shape index (κ2) is 4.53. The quantitative estimate of drug-likeness (QED) is 0.837. The van der Waals surface area contributed by atoms with Crippen LogP contribution >= 0.6 is 11.6 Å². The third-order valence-corrected chi connectivity index (χ3v) is 2.58. The average molecular weight is 229 g/mol. The molecule has 15 heavy (non-hydrogen) atoms. The van der Waals surface area contributed by atoms with Crippen LogP contribution in [0.25, 0.3) is 0 Å². The lowest BCUT2D eigenvalue weighted by Gasteiger charge is -2.17. The van der Waals surface area contributed by atoms with Crippen molar-refractivity contribution in [1.29, 1.82) is 0 Å². The molecule has 0 amide bonds. The molecule has 4 heteroatoms. The Balaban J connectivity index is 3.17. The lowest BCUT2D eigenvalue weighted by molar-refractivity contribution is -0.139. The third kappa shape index (κ3) is 2.63. The molecule has 0 aliphatic rings. The van der Waals surface area contributed by atoms with Crippen molar-refractivity contribution in [3.05, 3.63) is 28.8 Å². The highest BCUT2D eigenvalue weighted by Crippen LogP contribution is 2.32. The standard InChI is InChI=1S/C11H13ClO3/c1-6(2)10(11(14)15)8-4-3-7(13)5-9(8)12/h3-6,10,13H,1-2H3,(H,14,15). The van der Waals surface area contributed by atoms with E-state index in [2.05, 4.69) is 0 Å². The minimum atomic E-state index is -0.905. The Bertz CT molecular complexity index is 374. The predicted octanol–water partition coefficient (Wildman–Crippen LogP) is 2.87. The Morgan fingerprint density at radius 3 is 2.40 bits per heavy atom. The Morgan fingerprint density at radius 2 is 2.00 bits per heavy atom. The molecule has 0 fully saturated rings. The molecule has 0 saturated heterocycles. The SMILES string of the molecule is CC(C)C(C(=O)O)c1ccc(O)cc1Cl. The van der Waals surface area contributed by atoms with E-state index in [4.69, 9.17) is 21.8 Å². The zero-order chi connectivity index (χ0) is 11.6. The van der Waals surface area contributed by atoms with Gasteiger partial charge < -0.3 is 10.2 Å². The van der Waals surface area contributed by atoms with Crippen molar-refractivity contribution in [2.45, 2.75) is 19.8 Å². The summed E-state index contributed by atoms with van der Waals surface area (Å²) < 4.78 is 0. The van der Waals surface area contributed by atoms with Crippen molar-refractivity contribution in [1.82, 2.24) is 0 Å². The van der Waals surface area contributed by atoms with Gasteiger partial charge in [0, 0.05) is 5.02 Å². The van der Waals surface area contributed by atoms with E-state index in [1.165, 1.54) is 12.1 Å². The molecular formula is C11H13ClO3. The van der Waals surface area contributed by atoms with Crippen molar-refractivity contribution < 1.29 is 15.0 Å². The molecule has 1 aromatic carbocycles. The van der Waals surface area contributed by atoms with Crippen molar-refractivity contribution in [3.8, 4) is 5.75 Å². The van der Waals surface area contributed by atoms with Gasteiger partial charge in [0.1, 0.15) is 5.75 Å². The summed E-state index contributed by atoms with van der Waals surface area (Å²) in [5.41, 5.74) is 0.539. The highest BCUT2D eigenvalue weighted by molar-refractivity contribution is 6.31. The molecular weight excluding hydrogens is 216 g/mol. The van der Waals surface area contributed by atoms with E-state index in [1.54, 1.807) is 6.07 Å². The van der Waals surface area contributed by atoms with Gasteiger partial charge in [0.15, 0.2) is 0 Å². The first kappa shape index (κ1) is 11.9. The van der Waals surface area contributed by atoms with Crippen molar-refractivity contribution >= 4 is 17.6 Å². The van der Waals surface area contributed by atoms with Gasteiger partial charge in [0.05, 0.1) is 5.92 Å². The number of carboxylic acids is 1. The Morgan fingerprint density at radius 1 is 1.40 bits per heavy atom. The van der Waals surface area contributed by atoms with Gasteiger partial charge in [-0.25, -0.2) is 0 Å². The molecule has 0 aromatic heterocycles. The first-order chi connectivity index (χ1) is 6.93. The van der Waals surface area contributed by atoms with E-state index in [1.807, 2.05) is 13.8 Å². The van der Waals surface area contributed by atoms with Crippen molar-refractivity contribution in [2.75, 3.05) is 0 Å². The van der Waals surface area contributed by atoms with E-state index in [0.29, 0.717) is 5.56 Å². The molecule has 1 aromatic rings. The normalized spacial score (nSPS) is 12.8. The summed E-state index contributed by atoms with van der Waals surface area (Å²) in [6, 6.07) is 4.35. The van der Waals surface area contributed by atoms with E-state index >= 15 is 0 Å². The molecule has 1 rings (SSSR count). The van der Waals surface area contributed by atoms with Crippen LogP contribution in [0.15, 0.2) is 18.2 Å². The van der Waals surface area contributed by atoms with Gasteiger partial charge in [-0.2, -0.15) is 0 Å². The number of aromatic hydroxyl groups is 1. The monoisotopic (exact) mass is 228 g/mol. The number of halogens is 1. The molecule has 0 aliphatic carbocycles. The molecule has 0 aliphatic heterocycles. The van der Waals surface area contributed by atoms with Crippen LogP contribution in [-0.2, 0) is 4.79 Å². The number of hydrogen-bond donors (Lipinski definition) is 2. The van der Waals surface area contributed by atoms with Crippen molar-refractivity contribution in [2.24, 2.45) is 5.92 Å². The summed E-state index contributed by atoms with van der Waals surface area (Å²) in [7, 11) is 0. The van der Waals surface area contributed by atoms with E-state index < -0.39 is 11.9 Å². The van der Waals surface area contributed by atoms with Crippen LogP contribution in [-0.4, -0.2) is 16.2 Å². The van der Waals surface area contributed by atoms with Gasteiger partial charge in [-0.05, 0) is 23.6 Å². The van der Waals surface area contributed by atoms with Gasteiger partial charge in [-0.1, -0.05) is 31.5 Å². The zero-order valence-electron chi connectivity index (χ0n) is 8.57. The summed E-state index contributed by atoms with van der Waals surface area (Å²) in [4.78, 5) is 11.1. The molecule has 0 bridgehead atoms. The number of hydrogen-bond acceptors (Lipinski definition) is 2. The van der Waals surface area contributed by atoms with Crippen LogP contribution in [0.4, 0.5) is 0 Å². The Kier molecular flexibility index (Phi) is 3.58. The van der Waals surface area contributed by atoms with Crippen LogP contribution in [0.2, 0.25) is 5.02 Å². The molecule has 2 N–H and O–H groups in total. The molecule has 0 radical (unpaired) electrons. The average Bonchev–Trinajstić information content (AvgIpc) is 2.08. The highest BCUT2D eigenvalue weighted by atomic mass is 35.5. The first-order valence-electron chi connectivity index (χ1n) is 4.64. The molecule has 1 unspecified atom stereocenters. The fraction of sp³-hybridized carbons (Fsp3) is 0.364. The van der Waals surface area contributed by atoms with Gasteiger partial charge >= 0.3 is 5.97 Å². The second-order valence-corrected chi connectivity index (χ2v) is 4.17. The summed E-state index contributed by atoms with van der Waals surface area (Å²) >= 11 is 5.89. The topological polar surface area (TPSA) is 57.5 Å². The largest absolute Gasteiger partial charge is 0.508 e. The third-order valence-electron chi connectivity index (χ3n) is 2.25. The van der Waals surface area contributed by atoms with E-state index in [0.717, 1.165) is 0 Å². The Labute approximate surface area is 93.3 Å². The number of benzene rings is 1. The number of carbonyl (C=O) groups is 1. The lowest BCUT2D eigenvalue weighted by atomic mass is 9.88. The van der Waals surface area contributed by atoms with Crippen LogP contribution in [0.3, 0.4) is 0 Å². The maximum absolute atomic E-state index is 11.1. The fourth-order valence-corrected chi connectivity index (χ4v) is 1.84. The number of phenolic OH excluding ortho intramolecular Hbond substituents is 1. The number of rotatable bonds is 3. The number of carboxylic acid groups (broad SMARTS) is 1.